The van der Waals surface area contributed by atoms with Gasteiger partial charge in [-0.05, 0) is 36.2 Å². The topological polar surface area (TPSA) is 162 Å². The first kappa shape index (κ1) is 22.6. The molecule has 0 aliphatic carbocycles. The molecule has 5 amide bonds. The number of amides is 5. The highest BCUT2D eigenvalue weighted by Crippen LogP contribution is 2.32. The average molecular weight is 464 g/mol. The predicted molar refractivity (Wildman–Crippen MR) is 118 cm³/mol. The second-order valence-electron chi connectivity index (χ2n) is 7.85. The maximum Gasteiger partial charge on any atom is 0.307 e. The zero-order valence-electron chi connectivity index (χ0n) is 17.8. The number of rotatable bonds is 7. The van der Waals surface area contributed by atoms with Crippen LogP contribution < -0.4 is 16.0 Å². The van der Waals surface area contributed by atoms with Crippen LogP contribution in [-0.4, -0.2) is 58.1 Å². The molecule has 4 N–H and O–H groups in total. The Kier molecular flexibility index (Phi) is 6.09. The number of imide groups is 2. The van der Waals surface area contributed by atoms with Crippen molar-refractivity contribution in [1.29, 1.82) is 0 Å². The van der Waals surface area contributed by atoms with Crippen LogP contribution in [-0.2, 0) is 25.6 Å². The van der Waals surface area contributed by atoms with E-state index < -0.39 is 41.5 Å². The molecule has 2 heterocycles. The molecule has 0 bridgehead atoms. The standard InChI is InChI=1S/C23H20N4O7/c28-17-8-7-16(21(32)26-17)27-22(33)14-5-2-6-15(20(14)23(27)34)24-11-18(29)25-13-4-1-3-12(9-13)10-19(30)31/h1-6,9,16,24H,7-8,10-11H2,(H,25,29)(H,30,31)(H,26,28,32). The minimum absolute atomic E-state index is 0.0166. The van der Waals surface area contributed by atoms with E-state index in [9.17, 15) is 28.8 Å². The number of hydrogen-bond donors (Lipinski definition) is 4. The number of fused-ring (bicyclic) bond motifs is 1. The van der Waals surface area contributed by atoms with Gasteiger partial charge in [-0.25, -0.2) is 0 Å². The second kappa shape index (κ2) is 9.14. The van der Waals surface area contributed by atoms with Crippen molar-refractivity contribution in [2.75, 3.05) is 17.2 Å². The van der Waals surface area contributed by atoms with Crippen LogP contribution in [0.2, 0.25) is 0 Å². The average Bonchev–Trinajstić information content (AvgIpc) is 3.03. The van der Waals surface area contributed by atoms with Gasteiger partial charge in [0, 0.05) is 17.8 Å². The van der Waals surface area contributed by atoms with Gasteiger partial charge in [-0.1, -0.05) is 18.2 Å². The van der Waals surface area contributed by atoms with Crippen LogP contribution in [0.1, 0.15) is 39.1 Å². The third-order valence-electron chi connectivity index (χ3n) is 5.47. The molecule has 11 nitrogen and oxygen atoms in total. The zero-order valence-corrected chi connectivity index (χ0v) is 17.8. The third kappa shape index (κ3) is 4.49. The number of nitrogens with one attached hydrogen (secondary N) is 3. The van der Waals surface area contributed by atoms with Gasteiger partial charge in [0.05, 0.1) is 24.1 Å². The van der Waals surface area contributed by atoms with Crippen LogP contribution in [0.4, 0.5) is 11.4 Å². The molecule has 1 atom stereocenters. The number of carboxylic acid groups (broad SMARTS) is 1. The normalized spacial score (nSPS) is 17.3. The van der Waals surface area contributed by atoms with Crippen molar-refractivity contribution >= 4 is 46.9 Å². The third-order valence-corrected chi connectivity index (χ3v) is 5.47. The Bertz CT molecular complexity index is 1240. The van der Waals surface area contributed by atoms with E-state index in [2.05, 4.69) is 16.0 Å². The maximum atomic E-state index is 13.1. The van der Waals surface area contributed by atoms with Crippen LogP contribution in [0, 0.1) is 0 Å². The monoisotopic (exact) mass is 464 g/mol. The summed E-state index contributed by atoms with van der Waals surface area (Å²) in [4.78, 5) is 73.7. The molecule has 0 radical (unpaired) electrons. The van der Waals surface area contributed by atoms with Gasteiger partial charge in [-0.2, -0.15) is 0 Å². The first-order valence-corrected chi connectivity index (χ1v) is 10.4. The summed E-state index contributed by atoms with van der Waals surface area (Å²) < 4.78 is 0. The lowest BCUT2D eigenvalue weighted by molar-refractivity contribution is -0.137. The summed E-state index contributed by atoms with van der Waals surface area (Å²) in [6.07, 6.45) is -0.122. The zero-order chi connectivity index (χ0) is 24.4. The molecule has 0 saturated carbocycles. The molecule has 1 unspecified atom stereocenters. The van der Waals surface area contributed by atoms with Crippen LogP contribution in [0.25, 0.3) is 0 Å². The quantitative estimate of drug-likeness (QED) is 0.437. The second-order valence-corrected chi connectivity index (χ2v) is 7.85. The highest BCUT2D eigenvalue weighted by Gasteiger charge is 2.45. The van der Waals surface area contributed by atoms with Crippen LogP contribution >= 0.6 is 0 Å². The number of benzene rings is 2. The molecule has 174 valence electrons. The highest BCUT2D eigenvalue weighted by molar-refractivity contribution is 6.25. The molecule has 2 aromatic rings. The fraction of sp³-hybridized carbons (Fsp3) is 0.217. The number of anilines is 2. The summed E-state index contributed by atoms with van der Waals surface area (Å²) in [5, 5.41) is 16.5. The van der Waals surface area contributed by atoms with Gasteiger partial charge in [0.2, 0.25) is 17.7 Å². The maximum absolute atomic E-state index is 13.1. The highest BCUT2D eigenvalue weighted by atomic mass is 16.4. The Balaban J connectivity index is 1.46. The van der Waals surface area contributed by atoms with Crippen molar-refractivity contribution < 1.29 is 33.9 Å². The van der Waals surface area contributed by atoms with E-state index in [0.717, 1.165) is 4.90 Å². The number of carboxylic acids is 1. The van der Waals surface area contributed by atoms with Crippen molar-refractivity contribution in [3.8, 4) is 0 Å². The van der Waals surface area contributed by atoms with E-state index in [1.807, 2.05) is 0 Å². The van der Waals surface area contributed by atoms with E-state index in [-0.39, 0.29) is 42.6 Å². The van der Waals surface area contributed by atoms with Crippen LogP contribution in [0.3, 0.4) is 0 Å². The number of piperidine rings is 1. The van der Waals surface area contributed by atoms with Gasteiger partial charge in [-0.15, -0.1) is 0 Å². The fourth-order valence-corrected chi connectivity index (χ4v) is 3.98. The number of aliphatic carboxylic acids is 1. The number of nitrogens with zero attached hydrogens (tertiary/aromatic N) is 1. The summed E-state index contributed by atoms with van der Waals surface area (Å²) in [5.74, 6) is -3.93. The van der Waals surface area contributed by atoms with Gasteiger partial charge in [0.25, 0.3) is 11.8 Å². The smallest absolute Gasteiger partial charge is 0.307 e. The summed E-state index contributed by atoms with van der Waals surface area (Å²) in [7, 11) is 0. The van der Waals surface area contributed by atoms with Crippen molar-refractivity contribution in [3.63, 3.8) is 0 Å². The van der Waals surface area contributed by atoms with Gasteiger partial charge in [-0.3, -0.25) is 39.0 Å². The molecular formula is C23H20N4O7. The lowest BCUT2D eigenvalue weighted by Gasteiger charge is -2.27. The molecule has 0 aromatic heterocycles. The Morgan fingerprint density at radius 2 is 1.82 bits per heavy atom. The lowest BCUT2D eigenvalue weighted by atomic mass is 10.0. The van der Waals surface area contributed by atoms with E-state index in [1.54, 1.807) is 36.4 Å². The number of carbonyl (C=O) groups excluding carboxylic acids is 5. The van der Waals surface area contributed by atoms with Crippen molar-refractivity contribution in [2.24, 2.45) is 0 Å². The molecule has 1 saturated heterocycles. The molecule has 4 rings (SSSR count). The minimum atomic E-state index is -1.08. The van der Waals surface area contributed by atoms with Crippen molar-refractivity contribution in [2.45, 2.75) is 25.3 Å². The Labute approximate surface area is 193 Å². The number of carbonyl (C=O) groups is 6. The van der Waals surface area contributed by atoms with Gasteiger partial charge >= 0.3 is 5.97 Å². The first-order chi connectivity index (χ1) is 16.2. The Hall–Kier alpha value is -4.54. The van der Waals surface area contributed by atoms with Gasteiger partial charge in [0.15, 0.2) is 0 Å². The molecule has 0 spiro atoms. The van der Waals surface area contributed by atoms with E-state index in [0.29, 0.717) is 11.3 Å². The Morgan fingerprint density at radius 3 is 2.56 bits per heavy atom. The van der Waals surface area contributed by atoms with E-state index >= 15 is 0 Å². The molecule has 2 aliphatic rings. The van der Waals surface area contributed by atoms with Gasteiger partial charge < -0.3 is 15.7 Å². The Morgan fingerprint density at radius 1 is 1.06 bits per heavy atom. The molecule has 11 heteroatoms. The molecule has 2 aromatic carbocycles. The molecule has 1 fully saturated rings. The SMILES string of the molecule is O=C(O)Cc1cccc(NC(=O)CNc2cccc3c2C(=O)N(C2CCC(=O)NC2=O)C3=O)c1. The van der Waals surface area contributed by atoms with E-state index in [1.165, 1.54) is 6.07 Å². The van der Waals surface area contributed by atoms with Crippen LogP contribution in [0.15, 0.2) is 42.5 Å². The largest absolute Gasteiger partial charge is 0.481 e. The lowest BCUT2D eigenvalue weighted by Crippen LogP contribution is -2.54. The number of hydrogen-bond acceptors (Lipinski definition) is 7. The molecular weight excluding hydrogens is 444 g/mol. The minimum Gasteiger partial charge on any atom is -0.481 e. The van der Waals surface area contributed by atoms with E-state index in [4.69, 9.17) is 5.11 Å². The van der Waals surface area contributed by atoms with Gasteiger partial charge in [0.1, 0.15) is 6.04 Å². The predicted octanol–water partition coefficient (Wildman–Crippen LogP) is 0.766. The fourth-order valence-electron chi connectivity index (χ4n) is 3.98. The molecule has 2 aliphatic heterocycles. The van der Waals surface area contributed by atoms with Crippen LogP contribution in [0.5, 0.6) is 0 Å². The summed E-state index contributed by atoms with van der Waals surface area (Å²) in [6.45, 7) is -0.237. The summed E-state index contributed by atoms with van der Waals surface area (Å²) in [6, 6.07) is 9.88. The van der Waals surface area contributed by atoms with Crippen molar-refractivity contribution in [3.05, 3.63) is 59.2 Å². The van der Waals surface area contributed by atoms with Crippen molar-refractivity contribution in [1.82, 2.24) is 10.2 Å². The summed E-state index contributed by atoms with van der Waals surface area (Å²) >= 11 is 0. The molecule has 34 heavy (non-hydrogen) atoms. The summed E-state index contributed by atoms with van der Waals surface area (Å²) in [5.41, 5.74) is 1.34. The first-order valence-electron chi connectivity index (χ1n) is 10.4.